The second-order valence-corrected chi connectivity index (χ2v) is 6.15. The maximum atomic E-state index is 11.8. The summed E-state index contributed by atoms with van der Waals surface area (Å²) in [4.78, 5) is 13.8. The molecule has 5 heteroatoms. The van der Waals surface area contributed by atoms with Crippen molar-refractivity contribution in [1.82, 2.24) is 10.2 Å². The first-order chi connectivity index (χ1) is 8.33. The standard InChI is InChI=1S/C12H18N2OS2/c1-2-16-6-3-5-14-11(15)8-13-12(14)10-4-7-17-9-10/h4,7,9,12-13H,2-3,5-6,8H2,1H3. The molecule has 1 amide bonds. The minimum Gasteiger partial charge on any atom is -0.322 e. The van der Waals surface area contributed by atoms with Crippen LogP contribution in [0.3, 0.4) is 0 Å². The summed E-state index contributed by atoms with van der Waals surface area (Å²) in [6, 6.07) is 2.09. The van der Waals surface area contributed by atoms with E-state index in [2.05, 4.69) is 29.1 Å². The van der Waals surface area contributed by atoms with Crippen LogP contribution >= 0.6 is 23.1 Å². The van der Waals surface area contributed by atoms with Crippen LogP contribution in [0.15, 0.2) is 16.8 Å². The van der Waals surface area contributed by atoms with Crippen molar-refractivity contribution >= 4 is 29.0 Å². The molecule has 3 nitrogen and oxygen atoms in total. The molecule has 0 aliphatic carbocycles. The fourth-order valence-electron chi connectivity index (χ4n) is 2.00. The van der Waals surface area contributed by atoms with E-state index >= 15 is 0 Å². The van der Waals surface area contributed by atoms with Gasteiger partial charge in [0.25, 0.3) is 0 Å². The van der Waals surface area contributed by atoms with Gasteiger partial charge in [0.2, 0.25) is 5.91 Å². The van der Waals surface area contributed by atoms with Gasteiger partial charge in [-0.1, -0.05) is 6.92 Å². The second kappa shape index (κ2) is 6.42. The molecular formula is C12H18N2OS2. The van der Waals surface area contributed by atoms with Crippen molar-refractivity contribution in [2.24, 2.45) is 0 Å². The molecule has 1 atom stereocenters. The van der Waals surface area contributed by atoms with Gasteiger partial charge in [-0.3, -0.25) is 10.1 Å². The summed E-state index contributed by atoms with van der Waals surface area (Å²) in [5.74, 6) is 2.51. The molecule has 94 valence electrons. The molecule has 1 aromatic heterocycles. The number of rotatable bonds is 6. The summed E-state index contributed by atoms with van der Waals surface area (Å²) in [7, 11) is 0. The van der Waals surface area contributed by atoms with Gasteiger partial charge in [-0.2, -0.15) is 23.1 Å². The van der Waals surface area contributed by atoms with Crippen molar-refractivity contribution in [3.8, 4) is 0 Å². The van der Waals surface area contributed by atoms with E-state index in [0.717, 1.165) is 24.5 Å². The van der Waals surface area contributed by atoms with Gasteiger partial charge in [-0.05, 0) is 40.3 Å². The molecule has 1 aromatic rings. The first kappa shape index (κ1) is 12.9. The minimum absolute atomic E-state index is 0.0976. The molecule has 1 N–H and O–H groups in total. The number of nitrogens with zero attached hydrogens (tertiary/aromatic N) is 1. The van der Waals surface area contributed by atoms with Crippen molar-refractivity contribution in [3.05, 3.63) is 22.4 Å². The monoisotopic (exact) mass is 270 g/mol. The Morgan fingerprint density at radius 3 is 3.24 bits per heavy atom. The summed E-state index contributed by atoms with van der Waals surface area (Å²) in [5.41, 5.74) is 1.21. The zero-order chi connectivity index (χ0) is 12.1. The molecule has 0 radical (unpaired) electrons. The van der Waals surface area contributed by atoms with Crippen LogP contribution in [0.1, 0.15) is 25.1 Å². The summed E-state index contributed by atoms with van der Waals surface area (Å²) >= 11 is 3.61. The van der Waals surface area contributed by atoms with Crippen molar-refractivity contribution < 1.29 is 4.79 Å². The third-order valence-corrected chi connectivity index (χ3v) is 4.52. The zero-order valence-corrected chi connectivity index (χ0v) is 11.6. The Morgan fingerprint density at radius 2 is 2.53 bits per heavy atom. The quantitative estimate of drug-likeness (QED) is 0.805. The average Bonchev–Trinajstić information content (AvgIpc) is 2.94. The van der Waals surface area contributed by atoms with E-state index in [1.54, 1.807) is 11.3 Å². The van der Waals surface area contributed by atoms with Crippen molar-refractivity contribution in [3.63, 3.8) is 0 Å². The van der Waals surface area contributed by atoms with E-state index in [-0.39, 0.29) is 12.1 Å². The van der Waals surface area contributed by atoms with Crippen molar-refractivity contribution in [2.45, 2.75) is 19.5 Å². The molecule has 1 aliphatic rings. The largest absolute Gasteiger partial charge is 0.322 e. The lowest BCUT2D eigenvalue weighted by molar-refractivity contribution is -0.128. The second-order valence-electron chi connectivity index (χ2n) is 3.98. The van der Waals surface area contributed by atoms with Crippen molar-refractivity contribution in [2.75, 3.05) is 24.6 Å². The third-order valence-electron chi connectivity index (χ3n) is 2.83. The number of carbonyl (C=O) groups is 1. The van der Waals surface area contributed by atoms with Gasteiger partial charge in [0.05, 0.1) is 6.54 Å². The molecule has 1 unspecified atom stereocenters. The van der Waals surface area contributed by atoms with Gasteiger partial charge in [-0.15, -0.1) is 0 Å². The number of hydrogen-bond acceptors (Lipinski definition) is 4. The number of nitrogens with one attached hydrogen (secondary N) is 1. The topological polar surface area (TPSA) is 32.3 Å². The summed E-state index contributed by atoms with van der Waals surface area (Å²) in [6.45, 7) is 3.50. The molecule has 0 bridgehead atoms. The van der Waals surface area contributed by atoms with E-state index in [4.69, 9.17) is 0 Å². The Hall–Kier alpha value is -0.520. The van der Waals surface area contributed by atoms with Gasteiger partial charge in [0.1, 0.15) is 6.17 Å². The highest BCUT2D eigenvalue weighted by Crippen LogP contribution is 2.24. The molecule has 0 spiro atoms. The fourth-order valence-corrected chi connectivity index (χ4v) is 3.30. The van der Waals surface area contributed by atoms with Crippen LogP contribution in [-0.4, -0.2) is 35.4 Å². The minimum atomic E-state index is 0.0976. The Bertz CT molecular complexity index is 353. The molecule has 1 aliphatic heterocycles. The lowest BCUT2D eigenvalue weighted by Crippen LogP contribution is -2.31. The van der Waals surface area contributed by atoms with Crippen LogP contribution in [0.4, 0.5) is 0 Å². The van der Waals surface area contributed by atoms with Crippen LogP contribution in [0, 0.1) is 0 Å². The molecule has 2 rings (SSSR count). The Morgan fingerprint density at radius 1 is 1.65 bits per heavy atom. The SMILES string of the molecule is CCSCCCN1C(=O)CNC1c1ccsc1. The number of hydrogen-bond donors (Lipinski definition) is 1. The summed E-state index contributed by atoms with van der Waals surface area (Å²) in [5, 5.41) is 7.45. The average molecular weight is 270 g/mol. The van der Waals surface area contributed by atoms with E-state index in [0.29, 0.717) is 6.54 Å². The molecule has 1 fully saturated rings. The van der Waals surface area contributed by atoms with E-state index in [1.807, 2.05) is 16.7 Å². The van der Waals surface area contributed by atoms with E-state index in [1.165, 1.54) is 5.56 Å². The van der Waals surface area contributed by atoms with Gasteiger partial charge in [-0.25, -0.2) is 0 Å². The van der Waals surface area contributed by atoms with Crippen LogP contribution in [0.2, 0.25) is 0 Å². The van der Waals surface area contributed by atoms with Gasteiger partial charge in [0, 0.05) is 6.54 Å². The highest BCUT2D eigenvalue weighted by atomic mass is 32.2. The van der Waals surface area contributed by atoms with Crippen molar-refractivity contribution in [1.29, 1.82) is 0 Å². The smallest absolute Gasteiger partial charge is 0.238 e. The first-order valence-electron chi connectivity index (χ1n) is 5.95. The predicted octanol–water partition coefficient (Wildman–Crippen LogP) is 2.32. The molecular weight excluding hydrogens is 252 g/mol. The van der Waals surface area contributed by atoms with Gasteiger partial charge < -0.3 is 4.90 Å². The summed E-state index contributed by atoms with van der Waals surface area (Å²) in [6.07, 6.45) is 1.17. The Balaban J connectivity index is 1.90. The lowest BCUT2D eigenvalue weighted by Gasteiger charge is -2.23. The Kier molecular flexibility index (Phi) is 4.88. The number of thiophene rings is 1. The molecule has 1 saturated heterocycles. The zero-order valence-electron chi connectivity index (χ0n) is 10.0. The third kappa shape index (κ3) is 3.24. The van der Waals surface area contributed by atoms with Gasteiger partial charge in [0.15, 0.2) is 0 Å². The number of carbonyl (C=O) groups excluding carboxylic acids is 1. The molecule has 0 aromatic carbocycles. The Labute approximate surface area is 111 Å². The molecule has 0 saturated carbocycles. The van der Waals surface area contributed by atoms with Crippen LogP contribution in [0.25, 0.3) is 0 Å². The number of thioether (sulfide) groups is 1. The molecule has 2 heterocycles. The predicted molar refractivity (Wildman–Crippen MR) is 74.4 cm³/mol. The first-order valence-corrected chi connectivity index (χ1v) is 8.05. The lowest BCUT2D eigenvalue weighted by atomic mass is 10.2. The van der Waals surface area contributed by atoms with Crippen LogP contribution in [0.5, 0.6) is 0 Å². The fraction of sp³-hybridized carbons (Fsp3) is 0.583. The molecule has 17 heavy (non-hydrogen) atoms. The van der Waals surface area contributed by atoms with E-state index in [9.17, 15) is 4.79 Å². The van der Waals surface area contributed by atoms with Gasteiger partial charge >= 0.3 is 0 Å². The number of amides is 1. The maximum absolute atomic E-state index is 11.8. The van der Waals surface area contributed by atoms with Crippen LogP contribution < -0.4 is 5.32 Å². The highest BCUT2D eigenvalue weighted by molar-refractivity contribution is 7.99. The van der Waals surface area contributed by atoms with E-state index < -0.39 is 0 Å². The highest BCUT2D eigenvalue weighted by Gasteiger charge is 2.30. The normalized spacial score (nSPS) is 20.2. The van der Waals surface area contributed by atoms with Crippen LogP contribution in [-0.2, 0) is 4.79 Å². The maximum Gasteiger partial charge on any atom is 0.238 e. The summed E-state index contributed by atoms with van der Waals surface area (Å²) < 4.78 is 0.